The highest BCUT2D eigenvalue weighted by Gasteiger charge is 2.09. The van der Waals surface area contributed by atoms with Crippen molar-refractivity contribution in [1.29, 1.82) is 0 Å². The van der Waals surface area contributed by atoms with Crippen molar-refractivity contribution in [2.24, 2.45) is 0 Å². The lowest BCUT2D eigenvalue weighted by atomic mass is 10.0. The summed E-state index contributed by atoms with van der Waals surface area (Å²) >= 11 is 0. The third kappa shape index (κ3) is 2.36. The Balaban J connectivity index is 2.30. The monoisotopic (exact) mass is 230 g/mol. The predicted octanol–water partition coefficient (Wildman–Crippen LogP) is 2.32. The fourth-order valence-electron chi connectivity index (χ4n) is 1.85. The average Bonchev–Trinajstić information content (AvgIpc) is 2.61. The number of nitrogens with zero attached hydrogens (tertiary/aromatic N) is 1. The number of carboxylic acids is 1. The third-order valence-corrected chi connectivity index (χ3v) is 2.84. The summed E-state index contributed by atoms with van der Waals surface area (Å²) in [5.41, 5.74) is 4.43. The molecule has 0 radical (unpaired) electrons. The van der Waals surface area contributed by atoms with E-state index in [1.165, 1.54) is 0 Å². The van der Waals surface area contributed by atoms with Gasteiger partial charge in [0.1, 0.15) is 0 Å². The molecule has 0 fully saturated rings. The van der Waals surface area contributed by atoms with Crippen molar-refractivity contribution in [3.05, 3.63) is 52.3 Å². The Morgan fingerprint density at radius 1 is 1.41 bits per heavy atom. The normalized spacial score (nSPS) is 10.5. The van der Waals surface area contributed by atoms with Gasteiger partial charge in [-0.2, -0.15) is 5.10 Å². The van der Waals surface area contributed by atoms with Gasteiger partial charge >= 0.3 is 5.97 Å². The maximum Gasteiger partial charge on any atom is 0.335 e. The number of aromatic amines is 1. The van der Waals surface area contributed by atoms with Gasteiger partial charge in [0.2, 0.25) is 0 Å². The molecule has 0 aliphatic carbocycles. The molecule has 4 nitrogen and oxygen atoms in total. The molecule has 0 aliphatic rings. The van der Waals surface area contributed by atoms with Crippen molar-refractivity contribution in [2.45, 2.75) is 20.3 Å². The van der Waals surface area contributed by atoms with E-state index in [9.17, 15) is 4.79 Å². The molecule has 1 aromatic heterocycles. The van der Waals surface area contributed by atoms with Crippen molar-refractivity contribution in [2.75, 3.05) is 0 Å². The van der Waals surface area contributed by atoms with Crippen LogP contribution in [0.5, 0.6) is 0 Å². The minimum atomic E-state index is -0.896. The smallest absolute Gasteiger partial charge is 0.335 e. The molecule has 2 rings (SSSR count). The Morgan fingerprint density at radius 2 is 2.18 bits per heavy atom. The fraction of sp³-hybridized carbons (Fsp3) is 0.231. The van der Waals surface area contributed by atoms with E-state index in [0.29, 0.717) is 12.0 Å². The summed E-state index contributed by atoms with van der Waals surface area (Å²) in [7, 11) is 0. The number of rotatable bonds is 3. The van der Waals surface area contributed by atoms with E-state index in [-0.39, 0.29) is 0 Å². The molecule has 0 aliphatic heterocycles. The molecule has 1 aromatic carbocycles. The van der Waals surface area contributed by atoms with Gasteiger partial charge in [-0.3, -0.25) is 5.10 Å². The average molecular weight is 230 g/mol. The van der Waals surface area contributed by atoms with Crippen LogP contribution in [0.15, 0.2) is 24.3 Å². The van der Waals surface area contributed by atoms with E-state index >= 15 is 0 Å². The number of benzene rings is 1. The van der Waals surface area contributed by atoms with Crippen LogP contribution in [0, 0.1) is 13.8 Å². The van der Waals surface area contributed by atoms with E-state index < -0.39 is 5.97 Å². The molecule has 0 amide bonds. The van der Waals surface area contributed by atoms with Crippen LogP contribution in [0.3, 0.4) is 0 Å². The van der Waals surface area contributed by atoms with Gasteiger partial charge in [0.15, 0.2) is 0 Å². The van der Waals surface area contributed by atoms with Crippen LogP contribution in [0.25, 0.3) is 0 Å². The third-order valence-electron chi connectivity index (χ3n) is 2.84. The molecule has 4 heteroatoms. The molecule has 2 N–H and O–H groups in total. The van der Waals surface area contributed by atoms with Gasteiger partial charge in [-0.15, -0.1) is 0 Å². The highest BCUT2D eigenvalue weighted by molar-refractivity contribution is 5.87. The van der Waals surface area contributed by atoms with Crippen LogP contribution >= 0.6 is 0 Å². The lowest BCUT2D eigenvalue weighted by Crippen LogP contribution is -1.98. The molecule has 0 atom stereocenters. The van der Waals surface area contributed by atoms with Crippen molar-refractivity contribution in [3.8, 4) is 0 Å². The maximum absolute atomic E-state index is 10.9. The van der Waals surface area contributed by atoms with Gasteiger partial charge in [0, 0.05) is 17.7 Å². The quantitative estimate of drug-likeness (QED) is 0.850. The second-order valence-corrected chi connectivity index (χ2v) is 4.09. The standard InChI is InChI=1S/C13H14N2O2/c1-8-12(9(2)15-14-8)7-10-4-3-5-11(6-10)13(16)17/h3-6H,7H2,1-2H3,(H,14,15)(H,16,17). The fourth-order valence-corrected chi connectivity index (χ4v) is 1.85. The van der Waals surface area contributed by atoms with Crippen molar-refractivity contribution in [1.82, 2.24) is 10.2 Å². The SMILES string of the molecule is Cc1n[nH]c(C)c1Cc1cccc(C(=O)O)c1. The first-order chi connectivity index (χ1) is 8.08. The first-order valence-electron chi connectivity index (χ1n) is 5.40. The van der Waals surface area contributed by atoms with Gasteiger partial charge in [0.25, 0.3) is 0 Å². The molecule has 0 saturated carbocycles. The minimum Gasteiger partial charge on any atom is -0.478 e. The summed E-state index contributed by atoms with van der Waals surface area (Å²) in [5.74, 6) is -0.896. The van der Waals surface area contributed by atoms with Gasteiger partial charge < -0.3 is 5.11 Å². The molecular formula is C13H14N2O2. The van der Waals surface area contributed by atoms with Crippen LogP contribution in [0.2, 0.25) is 0 Å². The van der Waals surface area contributed by atoms with Crippen molar-refractivity contribution in [3.63, 3.8) is 0 Å². The maximum atomic E-state index is 10.9. The Kier molecular flexibility index (Phi) is 2.95. The molecule has 17 heavy (non-hydrogen) atoms. The Bertz CT molecular complexity index is 539. The topological polar surface area (TPSA) is 66.0 Å². The number of aryl methyl sites for hydroxylation is 2. The number of aromatic nitrogens is 2. The summed E-state index contributed by atoms with van der Waals surface area (Å²) in [4.78, 5) is 10.9. The van der Waals surface area contributed by atoms with Gasteiger partial charge in [-0.25, -0.2) is 4.79 Å². The molecule has 0 bridgehead atoms. The number of H-pyrrole nitrogens is 1. The van der Waals surface area contributed by atoms with E-state index in [1.54, 1.807) is 18.2 Å². The Hall–Kier alpha value is -2.10. The highest BCUT2D eigenvalue weighted by Crippen LogP contribution is 2.16. The molecule has 2 aromatic rings. The first kappa shape index (κ1) is 11.4. The van der Waals surface area contributed by atoms with Gasteiger partial charge in [0.05, 0.1) is 11.3 Å². The van der Waals surface area contributed by atoms with E-state index in [0.717, 1.165) is 22.5 Å². The van der Waals surface area contributed by atoms with E-state index in [1.807, 2.05) is 19.9 Å². The molecule has 0 saturated heterocycles. The summed E-state index contributed by atoms with van der Waals surface area (Å²) in [6.45, 7) is 3.91. The summed E-state index contributed by atoms with van der Waals surface area (Å²) < 4.78 is 0. The number of carboxylic acid groups (broad SMARTS) is 1. The Morgan fingerprint density at radius 3 is 2.76 bits per heavy atom. The van der Waals surface area contributed by atoms with Gasteiger partial charge in [-0.1, -0.05) is 12.1 Å². The second-order valence-electron chi connectivity index (χ2n) is 4.09. The number of hydrogen-bond acceptors (Lipinski definition) is 2. The predicted molar refractivity (Wildman–Crippen MR) is 64.3 cm³/mol. The van der Waals surface area contributed by atoms with Crippen molar-refractivity contribution < 1.29 is 9.90 Å². The van der Waals surface area contributed by atoms with E-state index in [4.69, 9.17) is 5.11 Å². The summed E-state index contributed by atoms with van der Waals surface area (Å²) in [5, 5.41) is 16.0. The van der Waals surface area contributed by atoms with Crippen molar-refractivity contribution >= 4 is 5.97 Å². The molecule has 0 spiro atoms. The zero-order chi connectivity index (χ0) is 12.4. The minimum absolute atomic E-state index is 0.321. The molecule has 0 unspecified atom stereocenters. The lowest BCUT2D eigenvalue weighted by Gasteiger charge is -2.03. The lowest BCUT2D eigenvalue weighted by molar-refractivity contribution is 0.0697. The number of nitrogens with one attached hydrogen (secondary N) is 1. The molecular weight excluding hydrogens is 216 g/mol. The Labute approximate surface area is 99.3 Å². The van der Waals surface area contributed by atoms with Gasteiger partial charge in [-0.05, 0) is 31.5 Å². The zero-order valence-electron chi connectivity index (χ0n) is 9.82. The largest absolute Gasteiger partial charge is 0.478 e. The van der Waals surface area contributed by atoms with Crippen LogP contribution in [0.1, 0.15) is 32.9 Å². The first-order valence-corrected chi connectivity index (χ1v) is 5.40. The zero-order valence-corrected chi connectivity index (χ0v) is 9.82. The van der Waals surface area contributed by atoms with Crippen LogP contribution < -0.4 is 0 Å². The molecule has 88 valence electrons. The van der Waals surface area contributed by atoms with E-state index in [2.05, 4.69) is 10.2 Å². The number of aromatic carboxylic acids is 1. The number of carbonyl (C=O) groups is 1. The van der Waals surface area contributed by atoms with Crippen LogP contribution in [-0.4, -0.2) is 21.3 Å². The summed E-state index contributed by atoms with van der Waals surface area (Å²) in [6.07, 6.45) is 0.704. The summed E-state index contributed by atoms with van der Waals surface area (Å²) in [6, 6.07) is 7.00. The number of hydrogen-bond donors (Lipinski definition) is 2. The molecule has 1 heterocycles. The van der Waals surface area contributed by atoms with Crippen LogP contribution in [0.4, 0.5) is 0 Å². The van der Waals surface area contributed by atoms with Crippen LogP contribution in [-0.2, 0) is 6.42 Å². The second kappa shape index (κ2) is 4.41. The highest BCUT2D eigenvalue weighted by atomic mass is 16.4.